The van der Waals surface area contributed by atoms with Crippen molar-refractivity contribution in [3.63, 3.8) is 0 Å². The number of benzene rings is 1. The molecule has 0 spiro atoms. The van der Waals surface area contributed by atoms with Gasteiger partial charge in [0, 0.05) is 11.2 Å². The van der Waals surface area contributed by atoms with Gasteiger partial charge in [-0.15, -0.1) is 0 Å². The number of halogens is 4. The highest BCUT2D eigenvalue weighted by atomic mass is 35.5. The molecule has 1 aromatic carbocycles. The van der Waals surface area contributed by atoms with E-state index in [1.807, 2.05) is 0 Å². The lowest BCUT2D eigenvalue weighted by atomic mass is 10.3. The molecule has 28 heavy (non-hydrogen) atoms. The molecule has 0 aliphatic heterocycles. The molecule has 0 bridgehead atoms. The number of rotatable bonds is 4. The van der Waals surface area contributed by atoms with Gasteiger partial charge in [-0.2, -0.15) is 30.8 Å². The van der Waals surface area contributed by atoms with Crippen LogP contribution in [0.2, 0.25) is 5.02 Å². The molecule has 0 aliphatic rings. The molecular weight excluding hydrogens is 435 g/mol. The second kappa shape index (κ2) is 7.41. The van der Waals surface area contributed by atoms with E-state index < -0.39 is 21.8 Å². The van der Waals surface area contributed by atoms with Gasteiger partial charge in [0.25, 0.3) is 10.0 Å². The van der Waals surface area contributed by atoms with Crippen molar-refractivity contribution in [3.05, 3.63) is 64.6 Å². The van der Waals surface area contributed by atoms with Crippen molar-refractivity contribution in [2.24, 2.45) is 0 Å². The van der Waals surface area contributed by atoms with Gasteiger partial charge in [0.1, 0.15) is 5.03 Å². The van der Waals surface area contributed by atoms with E-state index in [0.717, 1.165) is 28.1 Å². The fourth-order valence-electron chi connectivity index (χ4n) is 2.41. The maximum Gasteiger partial charge on any atom is 0.417 e. The number of hydrogen-bond donors (Lipinski definition) is 0. The lowest BCUT2D eigenvalue weighted by Gasteiger charge is -2.08. The first-order valence-electron chi connectivity index (χ1n) is 7.78. The third-order valence-electron chi connectivity index (χ3n) is 3.79. The van der Waals surface area contributed by atoms with E-state index in [1.165, 1.54) is 30.3 Å². The first kappa shape index (κ1) is 20.7. The Hall–Kier alpha value is -2.04. The zero-order valence-corrected chi connectivity index (χ0v) is 16.9. The highest BCUT2D eigenvalue weighted by Crippen LogP contribution is 2.35. The molecular formula is C17H13ClF3N3O2S2. The normalized spacial score (nSPS) is 12.4. The molecule has 3 aromatic rings. The lowest BCUT2D eigenvalue weighted by molar-refractivity contribution is -0.137. The van der Waals surface area contributed by atoms with E-state index in [2.05, 4.69) is 10.1 Å². The molecule has 11 heteroatoms. The number of pyridine rings is 1. The highest BCUT2D eigenvalue weighted by Gasteiger charge is 2.31. The van der Waals surface area contributed by atoms with Gasteiger partial charge in [0.2, 0.25) is 0 Å². The molecule has 0 amide bonds. The van der Waals surface area contributed by atoms with Crippen molar-refractivity contribution in [2.75, 3.05) is 0 Å². The smallest absolute Gasteiger partial charge is 0.249 e. The fraction of sp³-hybridized carbons (Fsp3) is 0.176. The average molecular weight is 448 g/mol. The standard InChI is InChI=1S/C17H13ClF3N3O2S2/c1-10-16(27-15-8-3-12(9-22-15)17(19,20)21)11(2)24(23-10)28(25,26)14-6-4-13(18)5-7-14/h3-9H,1-2H3. The molecule has 3 rings (SSSR count). The maximum atomic E-state index is 12.8. The zero-order chi connectivity index (χ0) is 20.7. The first-order chi connectivity index (χ1) is 13.0. The van der Waals surface area contributed by atoms with E-state index in [1.54, 1.807) is 13.8 Å². The van der Waals surface area contributed by atoms with Crippen LogP contribution in [-0.2, 0) is 16.2 Å². The topological polar surface area (TPSA) is 64.8 Å². The van der Waals surface area contributed by atoms with Crippen molar-refractivity contribution in [1.29, 1.82) is 0 Å². The van der Waals surface area contributed by atoms with E-state index in [4.69, 9.17) is 11.6 Å². The Labute approximate surface area is 168 Å². The van der Waals surface area contributed by atoms with Crippen LogP contribution in [0.15, 0.2) is 57.4 Å². The van der Waals surface area contributed by atoms with E-state index >= 15 is 0 Å². The molecule has 0 unspecified atom stereocenters. The van der Waals surface area contributed by atoms with Gasteiger partial charge in [-0.25, -0.2) is 4.98 Å². The van der Waals surface area contributed by atoms with Crippen LogP contribution in [0, 0.1) is 13.8 Å². The fourth-order valence-corrected chi connectivity index (χ4v) is 4.82. The summed E-state index contributed by atoms with van der Waals surface area (Å²) in [4.78, 5) is 4.33. The number of alkyl halides is 3. The summed E-state index contributed by atoms with van der Waals surface area (Å²) >= 11 is 6.85. The zero-order valence-electron chi connectivity index (χ0n) is 14.5. The molecule has 148 valence electrons. The number of nitrogens with zero attached hydrogens (tertiary/aromatic N) is 3. The van der Waals surface area contributed by atoms with E-state index in [9.17, 15) is 21.6 Å². The molecule has 5 nitrogen and oxygen atoms in total. The number of aromatic nitrogens is 3. The summed E-state index contributed by atoms with van der Waals surface area (Å²) in [6.07, 6.45) is -3.73. The second-order valence-corrected chi connectivity index (χ2v) is 9.02. The summed E-state index contributed by atoms with van der Waals surface area (Å²) in [7, 11) is -3.94. The van der Waals surface area contributed by atoms with Gasteiger partial charge in [0.15, 0.2) is 0 Å². The predicted octanol–water partition coefficient (Wildman–Crippen LogP) is 4.96. The Kier molecular flexibility index (Phi) is 5.48. The predicted molar refractivity (Wildman–Crippen MR) is 99.1 cm³/mol. The van der Waals surface area contributed by atoms with Crippen LogP contribution in [0.1, 0.15) is 17.0 Å². The lowest BCUT2D eigenvalue weighted by Crippen LogP contribution is -2.16. The van der Waals surface area contributed by atoms with Gasteiger partial charge in [-0.1, -0.05) is 23.4 Å². The average Bonchev–Trinajstić information content (AvgIpc) is 2.91. The molecule has 0 fully saturated rings. The summed E-state index contributed by atoms with van der Waals surface area (Å²) < 4.78 is 64.6. The van der Waals surface area contributed by atoms with Gasteiger partial charge >= 0.3 is 6.18 Å². The number of hydrogen-bond acceptors (Lipinski definition) is 5. The summed E-state index contributed by atoms with van der Waals surface area (Å²) in [5.41, 5.74) is -0.104. The largest absolute Gasteiger partial charge is 0.417 e. The van der Waals surface area contributed by atoms with Crippen LogP contribution in [0.25, 0.3) is 0 Å². The quantitative estimate of drug-likeness (QED) is 0.566. The first-order valence-corrected chi connectivity index (χ1v) is 10.4. The second-order valence-electron chi connectivity index (χ2n) is 5.79. The highest BCUT2D eigenvalue weighted by molar-refractivity contribution is 7.99. The third kappa shape index (κ3) is 4.03. The molecule has 0 saturated carbocycles. The van der Waals surface area contributed by atoms with Gasteiger partial charge in [-0.3, -0.25) is 0 Å². The minimum absolute atomic E-state index is 0.0201. The summed E-state index contributed by atoms with van der Waals surface area (Å²) in [5, 5.41) is 4.79. The van der Waals surface area contributed by atoms with E-state index in [-0.39, 0.29) is 4.90 Å². The monoisotopic (exact) mass is 447 g/mol. The van der Waals surface area contributed by atoms with Crippen LogP contribution < -0.4 is 0 Å². The molecule has 2 heterocycles. The van der Waals surface area contributed by atoms with Crippen LogP contribution >= 0.6 is 23.4 Å². The summed E-state index contributed by atoms with van der Waals surface area (Å²) in [6.45, 7) is 3.19. The molecule has 2 aromatic heterocycles. The van der Waals surface area contributed by atoms with Gasteiger partial charge in [0.05, 0.1) is 26.7 Å². The maximum absolute atomic E-state index is 12.8. The SMILES string of the molecule is Cc1nn(S(=O)(=O)c2ccc(Cl)cc2)c(C)c1Sc1ccc(C(F)(F)F)cn1. The van der Waals surface area contributed by atoms with Gasteiger partial charge in [-0.05, 0) is 50.2 Å². The van der Waals surface area contributed by atoms with Crippen molar-refractivity contribution in [3.8, 4) is 0 Å². The van der Waals surface area contributed by atoms with Crippen LogP contribution in [-0.4, -0.2) is 22.6 Å². The van der Waals surface area contributed by atoms with Crippen LogP contribution in [0.4, 0.5) is 13.2 Å². The Morgan fingerprint density at radius 1 is 1.07 bits per heavy atom. The summed E-state index contributed by atoms with van der Waals surface area (Å²) in [5.74, 6) is 0. The molecule has 0 N–H and O–H groups in total. The van der Waals surface area contributed by atoms with Crippen molar-refractivity contribution >= 4 is 33.4 Å². The minimum atomic E-state index is -4.47. The van der Waals surface area contributed by atoms with Crippen molar-refractivity contribution < 1.29 is 21.6 Å². The number of aryl methyl sites for hydroxylation is 1. The minimum Gasteiger partial charge on any atom is -0.249 e. The van der Waals surface area contributed by atoms with Crippen LogP contribution in [0.3, 0.4) is 0 Å². The Morgan fingerprint density at radius 3 is 2.25 bits per heavy atom. The van der Waals surface area contributed by atoms with E-state index in [0.29, 0.717) is 26.3 Å². The van der Waals surface area contributed by atoms with Gasteiger partial charge < -0.3 is 0 Å². The molecule has 0 atom stereocenters. The van der Waals surface area contributed by atoms with Crippen LogP contribution in [0.5, 0.6) is 0 Å². The third-order valence-corrected chi connectivity index (χ3v) is 6.97. The molecule has 0 saturated heterocycles. The Morgan fingerprint density at radius 2 is 1.71 bits per heavy atom. The van der Waals surface area contributed by atoms with Crippen molar-refractivity contribution in [2.45, 2.75) is 34.8 Å². The Balaban J connectivity index is 1.95. The van der Waals surface area contributed by atoms with Crippen molar-refractivity contribution in [1.82, 2.24) is 14.2 Å². The molecule has 0 aliphatic carbocycles. The summed E-state index contributed by atoms with van der Waals surface area (Å²) in [6, 6.07) is 7.83. The Bertz CT molecular complexity index is 1110. The molecule has 0 radical (unpaired) electrons.